The quantitative estimate of drug-likeness (QED) is 0.676. The molecule has 3 aromatic rings. The zero-order valence-electron chi connectivity index (χ0n) is 13.1. The molecule has 24 heavy (non-hydrogen) atoms. The first-order valence-electron chi connectivity index (χ1n) is 7.85. The van der Waals surface area contributed by atoms with Gasteiger partial charge in [-0.1, -0.05) is 29.8 Å². The summed E-state index contributed by atoms with van der Waals surface area (Å²) in [5.74, 6) is 0.0720. The van der Waals surface area contributed by atoms with Crippen molar-refractivity contribution in [3.63, 3.8) is 0 Å². The number of halogens is 1. The molecule has 5 nitrogen and oxygen atoms in total. The van der Waals surface area contributed by atoms with Crippen LogP contribution in [-0.4, -0.2) is 27.8 Å². The van der Waals surface area contributed by atoms with E-state index in [2.05, 4.69) is 16.1 Å². The molecule has 0 N–H and O–H groups in total. The van der Waals surface area contributed by atoms with Crippen molar-refractivity contribution in [2.24, 2.45) is 5.92 Å². The minimum absolute atomic E-state index is 0.0852. The fraction of sp³-hybridized carbons (Fsp3) is 0.278. The molecule has 1 atom stereocenters. The minimum atomic E-state index is -0.450. The maximum atomic E-state index is 11.7. The van der Waals surface area contributed by atoms with Gasteiger partial charge in [-0.15, -0.1) is 0 Å². The lowest BCUT2D eigenvalue weighted by Crippen LogP contribution is -2.15. The zero-order chi connectivity index (χ0) is 16.7. The summed E-state index contributed by atoms with van der Waals surface area (Å²) < 4.78 is 6.70. The Kier molecular flexibility index (Phi) is 3.73. The van der Waals surface area contributed by atoms with Gasteiger partial charge in [0.05, 0.1) is 31.1 Å². The van der Waals surface area contributed by atoms with E-state index in [0.29, 0.717) is 5.92 Å². The first-order valence-corrected chi connectivity index (χ1v) is 8.23. The molecule has 4 rings (SSSR count). The van der Waals surface area contributed by atoms with Crippen LogP contribution in [0.3, 0.4) is 0 Å². The number of esters is 1. The SMILES string of the molecule is COC(=O)c1cc2cnn(C(c3ccccc3Cl)C3CC3)c2cn1. The van der Waals surface area contributed by atoms with Crippen molar-refractivity contribution in [1.82, 2.24) is 14.8 Å². The molecule has 1 aliphatic rings. The highest BCUT2D eigenvalue weighted by atomic mass is 35.5. The Labute approximate surface area is 144 Å². The van der Waals surface area contributed by atoms with Crippen molar-refractivity contribution in [1.29, 1.82) is 0 Å². The third kappa shape index (κ3) is 2.55. The Balaban J connectivity index is 1.82. The fourth-order valence-electron chi connectivity index (χ4n) is 3.10. The lowest BCUT2D eigenvalue weighted by molar-refractivity contribution is 0.0594. The summed E-state index contributed by atoms with van der Waals surface area (Å²) in [6.07, 6.45) is 5.76. The molecule has 6 heteroatoms. The highest BCUT2D eigenvalue weighted by Crippen LogP contribution is 2.45. The Morgan fingerprint density at radius 2 is 2.12 bits per heavy atom. The first kappa shape index (κ1) is 15.1. The largest absolute Gasteiger partial charge is 0.464 e. The maximum absolute atomic E-state index is 11.7. The molecule has 1 fully saturated rings. The van der Waals surface area contributed by atoms with Crippen LogP contribution in [0.5, 0.6) is 0 Å². The minimum Gasteiger partial charge on any atom is -0.464 e. The van der Waals surface area contributed by atoms with Gasteiger partial charge in [0.15, 0.2) is 0 Å². The number of fused-ring (bicyclic) bond motifs is 1. The first-order chi connectivity index (χ1) is 11.7. The summed E-state index contributed by atoms with van der Waals surface area (Å²) in [4.78, 5) is 15.9. The average Bonchev–Trinajstić information content (AvgIpc) is 3.36. The second kappa shape index (κ2) is 5.91. The van der Waals surface area contributed by atoms with Gasteiger partial charge >= 0.3 is 5.97 Å². The van der Waals surface area contributed by atoms with E-state index in [1.165, 1.54) is 7.11 Å². The number of nitrogens with zero attached hydrogens (tertiary/aromatic N) is 3. The van der Waals surface area contributed by atoms with Crippen LogP contribution in [-0.2, 0) is 4.74 Å². The molecule has 0 saturated heterocycles. The van der Waals surface area contributed by atoms with E-state index in [1.807, 2.05) is 22.9 Å². The number of aromatic nitrogens is 3. The topological polar surface area (TPSA) is 57.0 Å². The van der Waals surface area contributed by atoms with Crippen LogP contribution in [0, 0.1) is 5.92 Å². The summed E-state index contributed by atoms with van der Waals surface area (Å²) in [6.45, 7) is 0. The van der Waals surface area contributed by atoms with Crippen LogP contribution in [0.1, 0.15) is 34.9 Å². The van der Waals surface area contributed by atoms with Crippen LogP contribution in [0.25, 0.3) is 10.9 Å². The van der Waals surface area contributed by atoms with Gasteiger partial charge in [0.25, 0.3) is 0 Å². The molecule has 0 radical (unpaired) electrons. The van der Waals surface area contributed by atoms with Gasteiger partial charge in [-0.05, 0) is 36.5 Å². The summed E-state index contributed by atoms with van der Waals surface area (Å²) in [5, 5.41) is 6.18. The normalized spacial score (nSPS) is 15.4. The van der Waals surface area contributed by atoms with Crippen LogP contribution in [0.2, 0.25) is 5.02 Å². The van der Waals surface area contributed by atoms with Gasteiger partial charge in [0, 0.05) is 10.4 Å². The monoisotopic (exact) mass is 341 g/mol. The Hall–Kier alpha value is -2.40. The summed E-state index contributed by atoms with van der Waals surface area (Å²) >= 11 is 6.43. The van der Waals surface area contributed by atoms with Gasteiger partial charge in [0.2, 0.25) is 0 Å². The van der Waals surface area contributed by atoms with Gasteiger partial charge in [0.1, 0.15) is 5.69 Å². The molecule has 0 amide bonds. The van der Waals surface area contributed by atoms with E-state index in [4.69, 9.17) is 16.3 Å². The van der Waals surface area contributed by atoms with E-state index in [1.54, 1.807) is 18.5 Å². The fourth-order valence-corrected chi connectivity index (χ4v) is 3.34. The average molecular weight is 342 g/mol. The smallest absolute Gasteiger partial charge is 0.356 e. The molecule has 1 aliphatic carbocycles. The maximum Gasteiger partial charge on any atom is 0.356 e. The predicted molar refractivity (Wildman–Crippen MR) is 91.2 cm³/mol. The summed E-state index contributed by atoms with van der Waals surface area (Å²) in [6, 6.07) is 9.68. The van der Waals surface area contributed by atoms with Crippen molar-refractivity contribution < 1.29 is 9.53 Å². The Morgan fingerprint density at radius 1 is 1.33 bits per heavy atom. The van der Waals surface area contributed by atoms with Crippen molar-refractivity contribution in [3.05, 3.63) is 59.0 Å². The van der Waals surface area contributed by atoms with Gasteiger partial charge in [-0.25, -0.2) is 9.78 Å². The van der Waals surface area contributed by atoms with Crippen LogP contribution >= 0.6 is 11.6 Å². The van der Waals surface area contributed by atoms with Crippen molar-refractivity contribution in [2.75, 3.05) is 7.11 Å². The van der Waals surface area contributed by atoms with E-state index in [9.17, 15) is 4.79 Å². The van der Waals surface area contributed by atoms with E-state index >= 15 is 0 Å². The number of carbonyl (C=O) groups excluding carboxylic acids is 1. The molecule has 0 spiro atoms. The number of benzene rings is 1. The molecular weight excluding hydrogens is 326 g/mol. The van der Waals surface area contributed by atoms with Crippen LogP contribution < -0.4 is 0 Å². The molecule has 1 unspecified atom stereocenters. The standard InChI is InChI=1S/C18H16ClN3O2/c1-24-18(23)15-8-12-9-21-22(16(12)10-20-15)17(11-6-7-11)13-4-2-3-5-14(13)19/h2-5,8-11,17H,6-7H2,1H3. The lowest BCUT2D eigenvalue weighted by atomic mass is 10.0. The molecular formula is C18H16ClN3O2. The van der Waals surface area contributed by atoms with Gasteiger partial charge in [-0.3, -0.25) is 4.68 Å². The number of ether oxygens (including phenoxy) is 1. The third-order valence-electron chi connectivity index (χ3n) is 4.43. The molecule has 122 valence electrons. The van der Waals surface area contributed by atoms with E-state index in [-0.39, 0.29) is 11.7 Å². The zero-order valence-corrected chi connectivity index (χ0v) is 13.9. The van der Waals surface area contributed by atoms with Crippen molar-refractivity contribution >= 4 is 28.5 Å². The number of carbonyl (C=O) groups is 1. The third-order valence-corrected chi connectivity index (χ3v) is 4.78. The van der Waals surface area contributed by atoms with Crippen LogP contribution in [0.15, 0.2) is 42.7 Å². The molecule has 2 heterocycles. The van der Waals surface area contributed by atoms with Crippen molar-refractivity contribution in [3.8, 4) is 0 Å². The number of rotatable bonds is 4. The lowest BCUT2D eigenvalue weighted by Gasteiger charge is -2.20. The second-order valence-corrected chi connectivity index (χ2v) is 6.42. The number of methoxy groups -OCH3 is 1. The molecule has 1 saturated carbocycles. The molecule has 2 aromatic heterocycles. The summed E-state index contributed by atoms with van der Waals surface area (Å²) in [5.41, 5.74) is 2.24. The Morgan fingerprint density at radius 3 is 2.83 bits per heavy atom. The second-order valence-electron chi connectivity index (χ2n) is 6.01. The molecule has 1 aromatic carbocycles. The van der Waals surface area contributed by atoms with Gasteiger partial charge < -0.3 is 4.74 Å². The number of pyridine rings is 1. The number of hydrogen-bond acceptors (Lipinski definition) is 4. The molecule has 0 aliphatic heterocycles. The van der Waals surface area contributed by atoms with Gasteiger partial charge in [-0.2, -0.15) is 5.10 Å². The predicted octanol–water partition coefficient (Wildman–Crippen LogP) is 3.87. The van der Waals surface area contributed by atoms with Crippen LogP contribution in [0.4, 0.5) is 0 Å². The van der Waals surface area contributed by atoms with E-state index in [0.717, 1.165) is 34.3 Å². The van der Waals surface area contributed by atoms with E-state index < -0.39 is 5.97 Å². The molecule has 0 bridgehead atoms. The highest BCUT2D eigenvalue weighted by Gasteiger charge is 2.36. The Bertz CT molecular complexity index is 918. The summed E-state index contributed by atoms with van der Waals surface area (Å²) in [7, 11) is 1.35. The number of hydrogen-bond donors (Lipinski definition) is 0. The van der Waals surface area contributed by atoms with Crippen molar-refractivity contribution in [2.45, 2.75) is 18.9 Å². The highest BCUT2D eigenvalue weighted by molar-refractivity contribution is 6.31.